The summed E-state index contributed by atoms with van der Waals surface area (Å²) in [5, 5.41) is 2.95. The highest BCUT2D eigenvalue weighted by Gasteiger charge is 2.14. The van der Waals surface area contributed by atoms with E-state index in [1.807, 2.05) is 54.6 Å². The summed E-state index contributed by atoms with van der Waals surface area (Å²) in [5.41, 5.74) is 4.06. The Morgan fingerprint density at radius 1 is 0.821 bits per heavy atom. The molecule has 28 heavy (non-hydrogen) atoms. The van der Waals surface area contributed by atoms with E-state index in [-0.39, 0.29) is 11.8 Å². The van der Waals surface area contributed by atoms with Crippen molar-refractivity contribution in [2.75, 3.05) is 12.4 Å². The maximum atomic E-state index is 12.6. The minimum Gasteiger partial charge on any atom is -0.337 e. The second kappa shape index (κ2) is 9.00. The number of anilines is 1. The van der Waals surface area contributed by atoms with Gasteiger partial charge in [0.05, 0.1) is 0 Å². The third kappa shape index (κ3) is 4.65. The fourth-order valence-electron chi connectivity index (χ4n) is 3.06. The van der Waals surface area contributed by atoms with Gasteiger partial charge in [-0.1, -0.05) is 55.5 Å². The molecule has 3 aromatic rings. The molecule has 4 nitrogen and oxygen atoms in total. The molecule has 0 aliphatic rings. The van der Waals surface area contributed by atoms with Gasteiger partial charge in [-0.25, -0.2) is 0 Å². The number of carbonyl (C=O) groups is 2. The lowest BCUT2D eigenvalue weighted by atomic mass is 10.1. The SMILES string of the molecule is CCc1ccccc1NC(=O)c1ccc(C(=O)N(C)Cc2ccccc2)cc1. The van der Waals surface area contributed by atoms with Gasteiger partial charge in [-0.05, 0) is 47.9 Å². The van der Waals surface area contributed by atoms with E-state index in [2.05, 4.69) is 12.2 Å². The molecule has 0 aliphatic heterocycles. The molecule has 1 N–H and O–H groups in total. The minimum absolute atomic E-state index is 0.0767. The van der Waals surface area contributed by atoms with E-state index in [1.54, 1.807) is 36.2 Å². The summed E-state index contributed by atoms with van der Waals surface area (Å²) < 4.78 is 0. The number of aryl methyl sites for hydroxylation is 1. The van der Waals surface area contributed by atoms with Crippen LogP contribution in [-0.4, -0.2) is 23.8 Å². The Morgan fingerprint density at radius 2 is 1.43 bits per heavy atom. The topological polar surface area (TPSA) is 49.4 Å². The van der Waals surface area contributed by atoms with E-state index in [9.17, 15) is 9.59 Å². The fourth-order valence-corrected chi connectivity index (χ4v) is 3.06. The van der Waals surface area contributed by atoms with Gasteiger partial charge in [-0.3, -0.25) is 9.59 Å². The average molecular weight is 372 g/mol. The van der Waals surface area contributed by atoms with Crippen LogP contribution in [-0.2, 0) is 13.0 Å². The van der Waals surface area contributed by atoms with Crippen LogP contribution in [0.15, 0.2) is 78.9 Å². The van der Waals surface area contributed by atoms with Crippen molar-refractivity contribution >= 4 is 17.5 Å². The number of hydrogen-bond donors (Lipinski definition) is 1. The Labute approximate surface area is 165 Å². The molecule has 4 heteroatoms. The molecule has 0 fully saturated rings. The number of carbonyl (C=O) groups excluding carboxylic acids is 2. The summed E-state index contributed by atoms with van der Waals surface area (Å²) in [6, 6.07) is 24.4. The van der Waals surface area contributed by atoms with E-state index in [0.717, 1.165) is 23.2 Å². The molecule has 142 valence electrons. The zero-order chi connectivity index (χ0) is 19.9. The van der Waals surface area contributed by atoms with Crippen molar-refractivity contribution in [3.05, 3.63) is 101 Å². The molecular weight excluding hydrogens is 348 g/mol. The van der Waals surface area contributed by atoms with Gasteiger partial charge in [-0.15, -0.1) is 0 Å². The molecule has 3 rings (SSSR count). The van der Waals surface area contributed by atoms with E-state index < -0.39 is 0 Å². The molecule has 3 aromatic carbocycles. The van der Waals surface area contributed by atoms with Gasteiger partial charge in [0.15, 0.2) is 0 Å². The van der Waals surface area contributed by atoms with E-state index in [1.165, 1.54) is 0 Å². The van der Waals surface area contributed by atoms with E-state index in [0.29, 0.717) is 17.7 Å². The zero-order valence-electron chi connectivity index (χ0n) is 16.2. The number of para-hydroxylation sites is 1. The fraction of sp³-hybridized carbons (Fsp3) is 0.167. The second-order valence-electron chi connectivity index (χ2n) is 6.69. The highest BCUT2D eigenvalue weighted by Crippen LogP contribution is 2.17. The number of amides is 2. The van der Waals surface area contributed by atoms with Crippen LogP contribution < -0.4 is 5.32 Å². The van der Waals surface area contributed by atoms with Gasteiger partial charge < -0.3 is 10.2 Å². The first-order chi connectivity index (χ1) is 13.6. The summed E-state index contributed by atoms with van der Waals surface area (Å²) in [4.78, 5) is 26.8. The Hall–Kier alpha value is -3.40. The first kappa shape index (κ1) is 19.4. The predicted octanol–water partition coefficient (Wildman–Crippen LogP) is 4.77. The minimum atomic E-state index is -0.183. The molecule has 0 bridgehead atoms. The van der Waals surface area contributed by atoms with Crippen molar-refractivity contribution in [2.24, 2.45) is 0 Å². The predicted molar refractivity (Wildman–Crippen MR) is 112 cm³/mol. The van der Waals surface area contributed by atoms with Gasteiger partial charge in [-0.2, -0.15) is 0 Å². The van der Waals surface area contributed by atoms with Crippen molar-refractivity contribution in [1.29, 1.82) is 0 Å². The lowest BCUT2D eigenvalue weighted by Gasteiger charge is -2.17. The maximum Gasteiger partial charge on any atom is 0.255 e. The van der Waals surface area contributed by atoms with Gasteiger partial charge in [0.2, 0.25) is 0 Å². The number of benzene rings is 3. The smallest absolute Gasteiger partial charge is 0.255 e. The summed E-state index contributed by atoms with van der Waals surface area (Å²) in [5.74, 6) is -0.260. The van der Waals surface area contributed by atoms with Crippen LogP contribution in [0, 0.1) is 0 Å². The highest BCUT2D eigenvalue weighted by atomic mass is 16.2. The Morgan fingerprint density at radius 3 is 2.11 bits per heavy atom. The number of rotatable bonds is 6. The largest absolute Gasteiger partial charge is 0.337 e. The highest BCUT2D eigenvalue weighted by molar-refractivity contribution is 6.05. The summed E-state index contributed by atoms with van der Waals surface area (Å²) >= 11 is 0. The quantitative estimate of drug-likeness (QED) is 0.677. The third-order valence-electron chi connectivity index (χ3n) is 4.65. The Kier molecular flexibility index (Phi) is 6.22. The van der Waals surface area contributed by atoms with Crippen LogP contribution in [0.1, 0.15) is 38.8 Å². The molecule has 0 aliphatic carbocycles. The maximum absolute atomic E-state index is 12.6. The molecule has 0 radical (unpaired) electrons. The molecule has 0 saturated carbocycles. The van der Waals surface area contributed by atoms with E-state index in [4.69, 9.17) is 0 Å². The van der Waals surface area contributed by atoms with Crippen LogP contribution in [0.3, 0.4) is 0 Å². The summed E-state index contributed by atoms with van der Waals surface area (Å²) in [7, 11) is 1.78. The molecule has 0 aromatic heterocycles. The van der Waals surface area contributed by atoms with Crippen LogP contribution in [0.4, 0.5) is 5.69 Å². The van der Waals surface area contributed by atoms with Crippen LogP contribution in [0.5, 0.6) is 0 Å². The molecule has 0 saturated heterocycles. The standard InChI is InChI=1S/C24H24N2O2/c1-3-19-11-7-8-12-22(19)25-23(27)20-13-15-21(16-14-20)24(28)26(2)17-18-9-5-4-6-10-18/h4-16H,3,17H2,1-2H3,(H,25,27). The molecule has 0 atom stereocenters. The third-order valence-corrected chi connectivity index (χ3v) is 4.65. The monoisotopic (exact) mass is 372 g/mol. The first-order valence-electron chi connectivity index (χ1n) is 9.37. The lowest BCUT2D eigenvalue weighted by molar-refractivity contribution is 0.0784. The molecule has 2 amide bonds. The van der Waals surface area contributed by atoms with Crippen molar-refractivity contribution in [1.82, 2.24) is 4.90 Å². The number of nitrogens with zero attached hydrogens (tertiary/aromatic N) is 1. The molecule has 0 heterocycles. The Balaban J connectivity index is 1.67. The summed E-state index contributed by atoms with van der Waals surface area (Å²) in [6.07, 6.45) is 0.845. The molecular formula is C24H24N2O2. The number of hydrogen-bond acceptors (Lipinski definition) is 2. The van der Waals surface area contributed by atoms with E-state index >= 15 is 0 Å². The van der Waals surface area contributed by atoms with Crippen molar-refractivity contribution < 1.29 is 9.59 Å². The first-order valence-corrected chi connectivity index (χ1v) is 9.37. The van der Waals surface area contributed by atoms with Crippen molar-refractivity contribution in [3.63, 3.8) is 0 Å². The van der Waals surface area contributed by atoms with Crippen molar-refractivity contribution in [3.8, 4) is 0 Å². The van der Waals surface area contributed by atoms with Gasteiger partial charge in [0, 0.05) is 30.4 Å². The molecule has 0 unspecified atom stereocenters. The number of nitrogens with one attached hydrogen (secondary N) is 1. The molecule has 0 spiro atoms. The van der Waals surface area contributed by atoms with Gasteiger partial charge in [0.25, 0.3) is 11.8 Å². The van der Waals surface area contributed by atoms with Crippen molar-refractivity contribution in [2.45, 2.75) is 19.9 Å². The Bertz CT molecular complexity index is 950. The second-order valence-corrected chi connectivity index (χ2v) is 6.69. The van der Waals surface area contributed by atoms with Crippen LogP contribution in [0.25, 0.3) is 0 Å². The normalized spacial score (nSPS) is 10.4. The summed E-state index contributed by atoms with van der Waals surface area (Å²) in [6.45, 7) is 2.59. The van der Waals surface area contributed by atoms with Gasteiger partial charge in [0.1, 0.15) is 0 Å². The lowest BCUT2D eigenvalue weighted by Crippen LogP contribution is -2.26. The van der Waals surface area contributed by atoms with Gasteiger partial charge >= 0.3 is 0 Å². The zero-order valence-corrected chi connectivity index (χ0v) is 16.2. The average Bonchev–Trinajstić information content (AvgIpc) is 2.74. The van der Waals surface area contributed by atoms with Crippen LogP contribution >= 0.6 is 0 Å². The van der Waals surface area contributed by atoms with Crippen LogP contribution in [0.2, 0.25) is 0 Å².